The van der Waals surface area contributed by atoms with Crippen molar-refractivity contribution in [1.82, 2.24) is 25.3 Å². The Hall–Kier alpha value is -3.81. The molecule has 0 aromatic carbocycles. The molecule has 0 amide bonds. The van der Waals surface area contributed by atoms with Crippen molar-refractivity contribution in [2.24, 2.45) is 0 Å². The van der Waals surface area contributed by atoms with E-state index in [-0.39, 0.29) is 6.10 Å². The lowest BCUT2D eigenvalue weighted by Gasteiger charge is -2.32. The highest BCUT2D eigenvalue weighted by molar-refractivity contribution is 5.67. The molecular weight excluding hydrogens is 442 g/mol. The maximum atomic E-state index is 9.83. The van der Waals surface area contributed by atoms with E-state index in [1.165, 1.54) is 0 Å². The Labute approximate surface area is 204 Å². The lowest BCUT2D eigenvalue weighted by Crippen LogP contribution is -2.41. The van der Waals surface area contributed by atoms with Gasteiger partial charge in [0.15, 0.2) is 0 Å². The largest absolute Gasteiger partial charge is 0.391 e. The van der Waals surface area contributed by atoms with Crippen LogP contribution < -0.4 is 20.4 Å². The van der Waals surface area contributed by atoms with Gasteiger partial charge in [0.05, 0.1) is 29.2 Å². The van der Waals surface area contributed by atoms with Crippen molar-refractivity contribution in [3.05, 3.63) is 48.4 Å². The maximum absolute atomic E-state index is 9.83. The zero-order valence-corrected chi connectivity index (χ0v) is 19.7. The highest BCUT2D eigenvalue weighted by atomic mass is 16.3. The van der Waals surface area contributed by atoms with Gasteiger partial charge < -0.3 is 25.5 Å². The van der Waals surface area contributed by atoms with E-state index >= 15 is 0 Å². The molecule has 2 aliphatic heterocycles. The zero-order chi connectivity index (χ0) is 24.2. The van der Waals surface area contributed by atoms with Gasteiger partial charge in [-0.15, -0.1) is 0 Å². The van der Waals surface area contributed by atoms with E-state index in [0.717, 1.165) is 43.0 Å². The van der Waals surface area contributed by atoms with Crippen LogP contribution in [0, 0.1) is 11.3 Å². The van der Waals surface area contributed by atoms with Crippen LogP contribution in [0.4, 0.5) is 23.3 Å². The molecule has 5 rings (SSSR count). The number of hydrogen-bond donors (Lipinski definition) is 3. The molecule has 3 aromatic rings. The van der Waals surface area contributed by atoms with Gasteiger partial charge in [-0.2, -0.15) is 5.26 Å². The smallest absolute Gasteiger partial charge is 0.227 e. The number of piperidine rings is 1. The summed E-state index contributed by atoms with van der Waals surface area (Å²) < 4.78 is 0. The minimum absolute atomic E-state index is 0.382. The van der Waals surface area contributed by atoms with Crippen LogP contribution in [0.25, 0.3) is 11.3 Å². The van der Waals surface area contributed by atoms with Crippen LogP contribution >= 0.6 is 0 Å². The third kappa shape index (κ3) is 5.16. The van der Waals surface area contributed by atoms with Gasteiger partial charge in [-0.05, 0) is 56.6 Å². The zero-order valence-electron chi connectivity index (χ0n) is 19.7. The van der Waals surface area contributed by atoms with Crippen LogP contribution in [0.2, 0.25) is 0 Å². The minimum Gasteiger partial charge on any atom is -0.391 e. The molecule has 0 spiro atoms. The van der Waals surface area contributed by atoms with Crippen LogP contribution in [0.15, 0.2) is 42.9 Å². The molecule has 2 saturated heterocycles. The van der Waals surface area contributed by atoms with Crippen molar-refractivity contribution in [2.75, 3.05) is 48.3 Å². The molecule has 0 radical (unpaired) electrons. The van der Waals surface area contributed by atoms with Crippen LogP contribution in [0.5, 0.6) is 0 Å². The third-order valence-corrected chi connectivity index (χ3v) is 6.62. The first-order valence-corrected chi connectivity index (χ1v) is 11.9. The Morgan fingerprint density at radius 2 is 2.00 bits per heavy atom. The Bertz CT molecular complexity index is 1200. The first kappa shape index (κ1) is 23.0. The first-order valence-electron chi connectivity index (χ1n) is 11.9. The summed E-state index contributed by atoms with van der Waals surface area (Å²) in [4.78, 5) is 22.3. The summed E-state index contributed by atoms with van der Waals surface area (Å²) >= 11 is 0. The second-order valence-electron chi connectivity index (χ2n) is 8.98. The number of aromatic nitrogens is 4. The first-order chi connectivity index (χ1) is 17.1. The van der Waals surface area contributed by atoms with Crippen molar-refractivity contribution in [1.29, 1.82) is 5.26 Å². The predicted molar refractivity (Wildman–Crippen MR) is 135 cm³/mol. The van der Waals surface area contributed by atoms with Gasteiger partial charge in [-0.1, -0.05) is 0 Å². The lowest BCUT2D eigenvalue weighted by atomic mass is 10.1. The predicted octanol–water partition coefficient (Wildman–Crippen LogP) is 2.31. The minimum atomic E-state index is -0.382. The molecule has 2 aliphatic rings. The summed E-state index contributed by atoms with van der Waals surface area (Å²) in [7, 11) is 2.10. The standard InChI is InChI=1S/C25H29N9O/c1-33(20-4-8-27-9-5-20)23-3-2-19(15-29-23)31-25-28-10-6-22(32-25)18-12-17(13-26)24(30-14-18)34-11-7-21(35)16-34/h2-3,6,10,12,14-15,20-21,27,35H,4-5,7-9,11,16H2,1H3,(H,28,31,32)/t21-/m0/s1. The van der Waals surface area contributed by atoms with Gasteiger partial charge in [0.1, 0.15) is 17.7 Å². The summed E-state index contributed by atoms with van der Waals surface area (Å²) in [5, 5.41) is 26.1. The number of anilines is 4. The summed E-state index contributed by atoms with van der Waals surface area (Å²) in [6, 6.07) is 10.3. The number of nitriles is 1. The molecule has 0 aliphatic carbocycles. The molecule has 0 unspecified atom stereocenters. The average Bonchev–Trinajstić information content (AvgIpc) is 3.35. The molecular formula is C25H29N9O. The number of aliphatic hydroxyl groups is 1. The molecule has 2 fully saturated rings. The van der Waals surface area contributed by atoms with E-state index in [9.17, 15) is 10.4 Å². The molecule has 0 bridgehead atoms. The molecule has 0 saturated carbocycles. The number of aliphatic hydroxyl groups excluding tert-OH is 1. The van der Waals surface area contributed by atoms with E-state index in [4.69, 9.17) is 0 Å². The number of nitrogens with one attached hydrogen (secondary N) is 2. The number of nitrogens with zero attached hydrogens (tertiary/aromatic N) is 7. The maximum Gasteiger partial charge on any atom is 0.227 e. The second kappa shape index (κ2) is 10.2. The number of β-amino-alcohol motifs (C(OH)–C–C–N with tert-alkyl or cyclic N) is 1. The van der Waals surface area contributed by atoms with Gasteiger partial charge in [0, 0.05) is 44.1 Å². The fourth-order valence-corrected chi connectivity index (χ4v) is 4.62. The van der Waals surface area contributed by atoms with E-state index in [1.54, 1.807) is 30.7 Å². The molecule has 3 aromatic heterocycles. The highest BCUT2D eigenvalue weighted by Crippen LogP contribution is 2.27. The van der Waals surface area contributed by atoms with Crippen LogP contribution in [0.3, 0.4) is 0 Å². The van der Waals surface area contributed by atoms with Crippen molar-refractivity contribution in [3.8, 4) is 17.3 Å². The van der Waals surface area contributed by atoms with Crippen molar-refractivity contribution < 1.29 is 5.11 Å². The number of hydrogen-bond acceptors (Lipinski definition) is 10. The molecule has 1 atom stereocenters. The molecule has 10 nitrogen and oxygen atoms in total. The Morgan fingerprint density at radius 1 is 1.14 bits per heavy atom. The number of rotatable bonds is 6. The van der Waals surface area contributed by atoms with E-state index in [0.29, 0.717) is 48.6 Å². The fraction of sp³-hybridized carbons (Fsp3) is 0.400. The molecule has 180 valence electrons. The van der Waals surface area contributed by atoms with Gasteiger partial charge in [0.2, 0.25) is 5.95 Å². The van der Waals surface area contributed by atoms with Gasteiger partial charge in [-0.3, -0.25) is 0 Å². The monoisotopic (exact) mass is 471 g/mol. The van der Waals surface area contributed by atoms with Crippen molar-refractivity contribution in [2.45, 2.75) is 31.4 Å². The molecule has 5 heterocycles. The highest BCUT2D eigenvalue weighted by Gasteiger charge is 2.24. The Morgan fingerprint density at radius 3 is 2.71 bits per heavy atom. The Kier molecular flexibility index (Phi) is 6.70. The number of pyridine rings is 2. The summed E-state index contributed by atoms with van der Waals surface area (Å²) in [5.41, 5.74) is 2.65. The van der Waals surface area contributed by atoms with Crippen LogP contribution in [0.1, 0.15) is 24.8 Å². The summed E-state index contributed by atoms with van der Waals surface area (Å²) in [6.45, 7) is 3.25. The topological polar surface area (TPSA) is 126 Å². The Balaban J connectivity index is 1.30. The summed E-state index contributed by atoms with van der Waals surface area (Å²) in [6.07, 6.45) is 7.70. The van der Waals surface area contributed by atoms with Crippen molar-refractivity contribution in [3.63, 3.8) is 0 Å². The fourth-order valence-electron chi connectivity index (χ4n) is 4.62. The quantitative estimate of drug-likeness (QED) is 0.493. The second-order valence-corrected chi connectivity index (χ2v) is 8.98. The van der Waals surface area contributed by atoms with E-state index in [1.807, 2.05) is 17.0 Å². The third-order valence-electron chi connectivity index (χ3n) is 6.62. The average molecular weight is 472 g/mol. The van der Waals surface area contributed by atoms with Gasteiger partial charge >= 0.3 is 0 Å². The molecule has 10 heteroatoms. The van der Waals surface area contributed by atoms with Crippen LogP contribution in [-0.4, -0.2) is 70.4 Å². The van der Waals surface area contributed by atoms with Gasteiger partial charge in [-0.25, -0.2) is 19.9 Å². The lowest BCUT2D eigenvalue weighted by molar-refractivity contribution is 0.198. The SMILES string of the molecule is CN(c1ccc(Nc2nccc(-c3cnc(N4CC[C@H](O)C4)c(C#N)c3)n2)cn1)C1CCNCC1. The molecule has 3 N–H and O–H groups in total. The van der Waals surface area contributed by atoms with Crippen LogP contribution in [-0.2, 0) is 0 Å². The van der Waals surface area contributed by atoms with Gasteiger partial charge in [0.25, 0.3) is 0 Å². The normalized spacial score (nSPS) is 18.3. The van der Waals surface area contributed by atoms with E-state index < -0.39 is 0 Å². The van der Waals surface area contributed by atoms with Crippen molar-refractivity contribution >= 4 is 23.3 Å². The van der Waals surface area contributed by atoms with E-state index in [2.05, 4.69) is 48.6 Å². The molecule has 35 heavy (non-hydrogen) atoms. The summed E-state index contributed by atoms with van der Waals surface area (Å²) in [5.74, 6) is 1.98.